The quantitative estimate of drug-likeness (QED) is 0.613. The Balaban J connectivity index is 0. The number of Topliss-reactive ketones (excluding diaryl/α,β-unsaturated/α-hetero) is 1. The molecule has 0 saturated heterocycles. The minimum Gasteiger partial charge on any atom is -0.465 e. The van der Waals surface area contributed by atoms with E-state index in [9.17, 15) is 9.59 Å². The van der Waals surface area contributed by atoms with Crippen LogP contribution in [-0.4, -0.2) is 42.9 Å². The highest BCUT2D eigenvalue weighted by molar-refractivity contribution is 5.85. The van der Waals surface area contributed by atoms with Gasteiger partial charge in [-0.3, -0.25) is 4.79 Å². The van der Waals surface area contributed by atoms with Gasteiger partial charge in [0.25, 0.3) is 0 Å². The van der Waals surface area contributed by atoms with E-state index in [0.717, 1.165) is 19.6 Å². The molecule has 5 heteroatoms. The Morgan fingerprint density at radius 2 is 1.63 bits per heavy atom. The number of esters is 1. The highest BCUT2D eigenvalue weighted by Gasteiger charge is 2.22. The summed E-state index contributed by atoms with van der Waals surface area (Å²) in [5.41, 5.74) is -0.0576. The van der Waals surface area contributed by atoms with Crippen LogP contribution in [0, 0.1) is 5.41 Å². The van der Waals surface area contributed by atoms with Gasteiger partial charge in [0.15, 0.2) is 0 Å². The van der Waals surface area contributed by atoms with Gasteiger partial charge >= 0.3 is 5.97 Å². The van der Waals surface area contributed by atoms with Crippen molar-refractivity contribution in [3.63, 3.8) is 0 Å². The first-order chi connectivity index (χ1) is 8.30. The predicted molar refractivity (Wildman–Crippen MR) is 79.7 cm³/mol. The summed E-state index contributed by atoms with van der Waals surface area (Å²) in [5.74, 6) is -0.257. The number of ketones is 1. The molecule has 0 amide bonds. The number of carbonyl (C=O) groups is 2. The fourth-order valence-electron chi connectivity index (χ4n) is 1.72. The first kappa shape index (κ1) is 20.7. The van der Waals surface area contributed by atoms with Gasteiger partial charge in [0.05, 0.1) is 13.0 Å². The standard InChI is InChI=1S/C14H27NO3.ClH/c1-6-15(7-2)10-14(4,5)11-18-13(17)9-8-12(3)16;/h6-11H2,1-5H3;1H. The summed E-state index contributed by atoms with van der Waals surface area (Å²) in [7, 11) is 0. The Morgan fingerprint density at radius 3 is 2.05 bits per heavy atom. The van der Waals surface area contributed by atoms with Crippen molar-refractivity contribution in [1.82, 2.24) is 4.90 Å². The normalized spacial score (nSPS) is 11.1. The molecule has 0 spiro atoms. The molecule has 0 N–H and O–H groups in total. The molecule has 0 aliphatic carbocycles. The Bertz CT molecular complexity index is 276. The largest absolute Gasteiger partial charge is 0.465 e. The van der Waals surface area contributed by atoms with Crippen LogP contribution >= 0.6 is 12.4 Å². The number of rotatable bonds is 9. The van der Waals surface area contributed by atoms with Crippen molar-refractivity contribution in [3.8, 4) is 0 Å². The average Bonchev–Trinajstić information content (AvgIpc) is 2.31. The van der Waals surface area contributed by atoms with E-state index in [1.54, 1.807) is 0 Å². The Morgan fingerprint density at radius 1 is 1.11 bits per heavy atom. The van der Waals surface area contributed by atoms with Gasteiger partial charge in [-0.2, -0.15) is 0 Å². The fourth-order valence-corrected chi connectivity index (χ4v) is 1.72. The van der Waals surface area contributed by atoms with Crippen LogP contribution in [0.1, 0.15) is 47.5 Å². The first-order valence-electron chi connectivity index (χ1n) is 6.68. The Labute approximate surface area is 123 Å². The van der Waals surface area contributed by atoms with E-state index in [1.165, 1.54) is 6.92 Å². The SMILES string of the molecule is CCN(CC)CC(C)(C)COC(=O)CCC(C)=O.Cl. The molecule has 0 unspecified atom stereocenters. The molecule has 0 aromatic rings. The number of halogens is 1. The van der Waals surface area contributed by atoms with Crippen molar-refractivity contribution in [2.45, 2.75) is 47.5 Å². The zero-order valence-corrected chi connectivity index (χ0v) is 13.6. The zero-order chi connectivity index (χ0) is 14.2. The number of hydrogen-bond donors (Lipinski definition) is 0. The molecule has 0 bridgehead atoms. The summed E-state index contributed by atoms with van der Waals surface area (Å²) < 4.78 is 5.23. The highest BCUT2D eigenvalue weighted by atomic mass is 35.5. The van der Waals surface area contributed by atoms with Crippen LogP contribution in [0.5, 0.6) is 0 Å². The first-order valence-corrected chi connectivity index (χ1v) is 6.68. The number of nitrogens with zero attached hydrogens (tertiary/aromatic N) is 1. The molecule has 0 aromatic heterocycles. The van der Waals surface area contributed by atoms with Gasteiger partial charge in [-0.25, -0.2) is 0 Å². The second-order valence-corrected chi connectivity index (χ2v) is 5.49. The topological polar surface area (TPSA) is 46.6 Å². The van der Waals surface area contributed by atoms with Crippen LogP contribution in [0.4, 0.5) is 0 Å². The van der Waals surface area contributed by atoms with E-state index in [0.29, 0.717) is 6.61 Å². The third-order valence-corrected chi connectivity index (χ3v) is 2.85. The number of carbonyl (C=O) groups excluding carboxylic acids is 2. The fraction of sp³-hybridized carbons (Fsp3) is 0.857. The van der Waals surface area contributed by atoms with E-state index in [2.05, 4.69) is 32.6 Å². The van der Waals surface area contributed by atoms with Crippen molar-refractivity contribution in [1.29, 1.82) is 0 Å². The molecular formula is C14H28ClNO3. The smallest absolute Gasteiger partial charge is 0.306 e. The third kappa shape index (κ3) is 11.0. The summed E-state index contributed by atoms with van der Waals surface area (Å²) in [6.07, 6.45) is 0.464. The second kappa shape index (κ2) is 10.2. The van der Waals surface area contributed by atoms with Crippen LogP contribution in [0.2, 0.25) is 0 Å². The lowest BCUT2D eigenvalue weighted by Crippen LogP contribution is -2.37. The van der Waals surface area contributed by atoms with Crippen LogP contribution in [0.3, 0.4) is 0 Å². The number of hydrogen-bond acceptors (Lipinski definition) is 4. The molecular weight excluding hydrogens is 266 g/mol. The molecule has 0 rings (SSSR count). The van der Waals surface area contributed by atoms with E-state index in [-0.39, 0.29) is 42.4 Å². The van der Waals surface area contributed by atoms with Gasteiger partial charge in [-0.1, -0.05) is 27.7 Å². The van der Waals surface area contributed by atoms with E-state index in [1.807, 2.05) is 0 Å². The molecule has 0 atom stereocenters. The van der Waals surface area contributed by atoms with E-state index in [4.69, 9.17) is 4.74 Å². The van der Waals surface area contributed by atoms with Gasteiger partial charge in [0.2, 0.25) is 0 Å². The van der Waals surface area contributed by atoms with Gasteiger partial charge in [0.1, 0.15) is 5.78 Å². The van der Waals surface area contributed by atoms with Crippen molar-refractivity contribution in [3.05, 3.63) is 0 Å². The van der Waals surface area contributed by atoms with E-state index < -0.39 is 0 Å². The summed E-state index contributed by atoms with van der Waals surface area (Å²) in [5, 5.41) is 0. The van der Waals surface area contributed by atoms with Crippen LogP contribution in [0.25, 0.3) is 0 Å². The van der Waals surface area contributed by atoms with Gasteiger partial charge in [-0.15, -0.1) is 12.4 Å². The summed E-state index contributed by atoms with van der Waals surface area (Å²) in [6.45, 7) is 13.2. The molecule has 0 fully saturated rings. The molecule has 0 aliphatic rings. The minimum atomic E-state index is -0.280. The van der Waals surface area contributed by atoms with Crippen LogP contribution in [0.15, 0.2) is 0 Å². The summed E-state index contributed by atoms with van der Waals surface area (Å²) in [6, 6.07) is 0. The van der Waals surface area contributed by atoms with Crippen molar-refractivity contribution in [2.24, 2.45) is 5.41 Å². The number of ether oxygens (including phenoxy) is 1. The monoisotopic (exact) mass is 293 g/mol. The highest BCUT2D eigenvalue weighted by Crippen LogP contribution is 2.17. The van der Waals surface area contributed by atoms with Gasteiger partial charge in [-0.05, 0) is 20.0 Å². The maximum Gasteiger partial charge on any atom is 0.306 e. The van der Waals surface area contributed by atoms with Crippen molar-refractivity contribution >= 4 is 24.2 Å². The summed E-state index contributed by atoms with van der Waals surface area (Å²) in [4.78, 5) is 24.5. The van der Waals surface area contributed by atoms with Crippen LogP contribution < -0.4 is 0 Å². The molecule has 0 aliphatic heterocycles. The summed E-state index contributed by atoms with van der Waals surface area (Å²) >= 11 is 0. The molecule has 4 nitrogen and oxygen atoms in total. The minimum absolute atomic E-state index is 0. The third-order valence-electron chi connectivity index (χ3n) is 2.85. The van der Waals surface area contributed by atoms with Gasteiger partial charge < -0.3 is 14.4 Å². The predicted octanol–water partition coefficient (Wildman–Crippen LogP) is 2.69. The molecule has 0 heterocycles. The van der Waals surface area contributed by atoms with Crippen LogP contribution in [-0.2, 0) is 14.3 Å². The molecule has 0 aromatic carbocycles. The molecule has 114 valence electrons. The second-order valence-electron chi connectivity index (χ2n) is 5.49. The van der Waals surface area contributed by atoms with E-state index >= 15 is 0 Å². The Kier molecular flexibility index (Phi) is 11.1. The molecule has 0 saturated carbocycles. The zero-order valence-electron chi connectivity index (χ0n) is 12.8. The maximum absolute atomic E-state index is 11.4. The molecule has 19 heavy (non-hydrogen) atoms. The lowest BCUT2D eigenvalue weighted by molar-refractivity contribution is -0.148. The lowest BCUT2D eigenvalue weighted by atomic mass is 9.94. The molecule has 0 radical (unpaired) electrons. The average molecular weight is 294 g/mol. The Hall–Kier alpha value is -0.610. The maximum atomic E-state index is 11.4. The van der Waals surface area contributed by atoms with Gasteiger partial charge in [0, 0.05) is 18.4 Å². The van der Waals surface area contributed by atoms with Crippen molar-refractivity contribution < 1.29 is 14.3 Å². The van der Waals surface area contributed by atoms with Crippen molar-refractivity contribution in [2.75, 3.05) is 26.2 Å². The lowest BCUT2D eigenvalue weighted by Gasteiger charge is -2.30.